The molecule has 2 N–H and O–H groups in total. The summed E-state index contributed by atoms with van der Waals surface area (Å²) in [4.78, 5) is 0. The Morgan fingerprint density at radius 2 is 1.50 bits per heavy atom. The van der Waals surface area contributed by atoms with Gasteiger partial charge < -0.3 is 14.8 Å². The average molecular weight is 363 g/mol. The van der Waals surface area contributed by atoms with Crippen molar-refractivity contribution in [2.45, 2.75) is 45.4 Å². The van der Waals surface area contributed by atoms with Crippen molar-refractivity contribution in [2.24, 2.45) is 0 Å². The van der Waals surface area contributed by atoms with E-state index in [1.807, 2.05) is 0 Å². The molecule has 0 saturated carbocycles. The molecule has 0 aliphatic rings. The fraction of sp³-hybridized carbons (Fsp3) is 0.400. The third-order valence-corrected chi connectivity index (χ3v) is 3.88. The van der Waals surface area contributed by atoms with Crippen LogP contribution in [0, 0.1) is 11.6 Å². The predicted octanol–water partition coefficient (Wildman–Crippen LogP) is 4.88. The number of benzene rings is 2. The molecule has 26 heavy (non-hydrogen) atoms. The lowest BCUT2D eigenvalue weighted by molar-refractivity contribution is 0.304. The van der Waals surface area contributed by atoms with E-state index in [4.69, 9.17) is 14.8 Å². The molecule has 0 aliphatic heterocycles. The molecule has 0 aliphatic carbocycles. The highest BCUT2D eigenvalue weighted by molar-refractivity contribution is 6.13. The van der Waals surface area contributed by atoms with Crippen molar-refractivity contribution in [2.75, 3.05) is 6.61 Å². The maximum Gasteiger partial charge on any atom is 0.482 e. The van der Waals surface area contributed by atoms with Gasteiger partial charge in [-0.15, -0.1) is 0 Å². The molecule has 2 aromatic carbocycles. The van der Waals surface area contributed by atoms with Gasteiger partial charge >= 0.3 is 7.69 Å². The molecule has 0 amide bonds. The van der Waals surface area contributed by atoms with E-state index >= 15 is 0 Å². The van der Waals surface area contributed by atoms with Crippen molar-refractivity contribution in [1.82, 2.24) is 0 Å². The summed E-state index contributed by atoms with van der Waals surface area (Å²) in [5.74, 6) is -0.877. The highest BCUT2D eigenvalue weighted by atomic mass is 19.2. The summed E-state index contributed by atoms with van der Waals surface area (Å²) in [6, 6.07) is 11.3. The van der Waals surface area contributed by atoms with Crippen molar-refractivity contribution < 1.29 is 23.6 Å². The van der Waals surface area contributed by atoms with Crippen LogP contribution in [0.3, 0.4) is 0 Å². The number of hydrogen-bond donors (Lipinski definition) is 2. The maximum atomic E-state index is 13.8. The fourth-order valence-electron chi connectivity index (χ4n) is 2.53. The maximum absolute atomic E-state index is 13.8. The quantitative estimate of drug-likeness (QED) is 0.493. The van der Waals surface area contributed by atoms with E-state index in [1.54, 1.807) is 30.3 Å². The monoisotopic (exact) mass is 363 g/mol. The molecule has 0 aromatic heterocycles. The minimum atomic E-state index is -0.828. The van der Waals surface area contributed by atoms with Crippen LogP contribution in [0.4, 0.5) is 8.78 Å². The molecular formula is C20H26BF2O3. The second-order valence-electron chi connectivity index (χ2n) is 5.86. The lowest BCUT2D eigenvalue weighted by Gasteiger charge is -2.08. The highest BCUT2D eigenvalue weighted by Gasteiger charge is 2.09. The van der Waals surface area contributed by atoms with E-state index in [2.05, 4.69) is 6.92 Å². The predicted molar refractivity (Wildman–Crippen MR) is 101 cm³/mol. The molecule has 0 atom stereocenters. The van der Waals surface area contributed by atoms with E-state index in [-0.39, 0.29) is 13.2 Å². The molecule has 6 heteroatoms. The fourth-order valence-corrected chi connectivity index (χ4v) is 2.53. The zero-order valence-electron chi connectivity index (χ0n) is 15.1. The number of unbranched alkanes of at least 4 members (excludes halogenated alkanes) is 5. The van der Waals surface area contributed by atoms with E-state index < -0.39 is 11.6 Å². The molecule has 2 rings (SSSR count). The molecule has 0 spiro atoms. The second-order valence-corrected chi connectivity index (χ2v) is 5.86. The zero-order valence-corrected chi connectivity index (χ0v) is 15.1. The zero-order chi connectivity index (χ0) is 19.2. The molecule has 0 unspecified atom stereocenters. The first-order valence-corrected chi connectivity index (χ1v) is 8.91. The first kappa shape index (κ1) is 22.1. The van der Waals surface area contributed by atoms with Crippen LogP contribution in [-0.4, -0.2) is 24.3 Å². The van der Waals surface area contributed by atoms with Gasteiger partial charge in [-0.25, -0.2) is 8.78 Å². The topological polar surface area (TPSA) is 49.7 Å². The smallest absolute Gasteiger partial charge is 0.482 e. The number of ether oxygens (including phenoxy) is 1. The molecule has 3 nitrogen and oxygen atoms in total. The molecule has 0 fully saturated rings. The van der Waals surface area contributed by atoms with Crippen molar-refractivity contribution in [3.8, 4) is 16.9 Å². The van der Waals surface area contributed by atoms with Crippen LogP contribution >= 0.6 is 0 Å². The number of hydrogen-bond acceptors (Lipinski definition) is 3. The van der Waals surface area contributed by atoms with Gasteiger partial charge in [-0.05, 0) is 30.2 Å². The van der Waals surface area contributed by atoms with Gasteiger partial charge in [0.2, 0.25) is 0 Å². The van der Waals surface area contributed by atoms with Crippen LogP contribution in [0.15, 0.2) is 42.5 Å². The Morgan fingerprint density at radius 3 is 2.15 bits per heavy atom. The minimum absolute atomic E-state index is 0. The largest absolute Gasteiger partial charge is 0.494 e. The SMILES string of the molecule is CCCCCCCCOc1ccc(-c2cccc(F)c2F)cc1.O[B]O. The Hall–Kier alpha value is -1.92. The summed E-state index contributed by atoms with van der Waals surface area (Å²) < 4.78 is 32.7. The molecule has 0 saturated heterocycles. The molecule has 2 aromatic rings. The Morgan fingerprint density at radius 1 is 0.885 bits per heavy atom. The van der Waals surface area contributed by atoms with Gasteiger partial charge in [0.25, 0.3) is 0 Å². The van der Waals surface area contributed by atoms with Gasteiger partial charge in [-0.2, -0.15) is 0 Å². The van der Waals surface area contributed by atoms with Gasteiger partial charge in [0.15, 0.2) is 11.6 Å². The van der Waals surface area contributed by atoms with Gasteiger partial charge in [0.1, 0.15) is 5.75 Å². The van der Waals surface area contributed by atoms with Gasteiger partial charge in [-0.1, -0.05) is 63.3 Å². The van der Waals surface area contributed by atoms with Crippen molar-refractivity contribution in [3.05, 3.63) is 54.1 Å². The van der Waals surface area contributed by atoms with Gasteiger partial charge in [-0.3, -0.25) is 0 Å². The Balaban J connectivity index is 0.00000105. The van der Waals surface area contributed by atoms with Crippen LogP contribution in [-0.2, 0) is 0 Å². The van der Waals surface area contributed by atoms with Crippen molar-refractivity contribution in [3.63, 3.8) is 0 Å². The first-order chi connectivity index (χ1) is 12.6. The summed E-state index contributed by atoms with van der Waals surface area (Å²) in [5.41, 5.74) is 0.918. The summed E-state index contributed by atoms with van der Waals surface area (Å²) >= 11 is 0. The first-order valence-electron chi connectivity index (χ1n) is 8.91. The van der Waals surface area contributed by atoms with Crippen molar-refractivity contribution in [1.29, 1.82) is 0 Å². The Bertz CT molecular complexity index is 621. The lowest BCUT2D eigenvalue weighted by Crippen LogP contribution is -1.97. The van der Waals surface area contributed by atoms with Crippen LogP contribution in [0.2, 0.25) is 0 Å². The van der Waals surface area contributed by atoms with E-state index in [0.717, 1.165) is 18.2 Å². The molecular weight excluding hydrogens is 337 g/mol. The highest BCUT2D eigenvalue weighted by Crippen LogP contribution is 2.26. The van der Waals surface area contributed by atoms with Crippen LogP contribution < -0.4 is 4.74 Å². The summed E-state index contributed by atoms with van der Waals surface area (Å²) in [6.45, 7) is 2.91. The molecule has 0 bridgehead atoms. The summed E-state index contributed by atoms with van der Waals surface area (Å²) in [5, 5.41) is 14.0. The lowest BCUT2D eigenvalue weighted by atomic mass is 10.0. The minimum Gasteiger partial charge on any atom is -0.494 e. The third kappa shape index (κ3) is 7.98. The van der Waals surface area contributed by atoms with Crippen molar-refractivity contribution >= 4 is 7.69 Å². The summed E-state index contributed by atoms with van der Waals surface area (Å²) in [6.07, 6.45) is 7.35. The van der Waals surface area contributed by atoms with Crippen LogP contribution in [0.5, 0.6) is 5.75 Å². The normalized spacial score (nSPS) is 10.0. The Labute approximate surface area is 155 Å². The molecule has 1 radical (unpaired) electrons. The Kier molecular flexibility index (Phi) is 11.3. The van der Waals surface area contributed by atoms with Gasteiger partial charge in [0, 0.05) is 5.56 Å². The van der Waals surface area contributed by atoms with E-state index in [9.17, 15) is 8.78 Å². The average Bonchev–Trinajstić information content (AvgIpc) is 2.65. The molecule has 0 heterocycles. The van der Waals surface area contributed by atoms with Crippen LogP contribution in [0.1, 0.15) is 45.4 Å². The van der Waals surface area contributed by atoms with E-state index in [1.165, 1.54) is 38.2 Å². The molecule has 141 valence electrons. The second kappa shape index (κ2) is 13.3. The summed E-state index contributed by atoms with van der Waals surface area (Å²) in [7, 11) is 0. The van der Waals surface area contributed by atoms with Gasteiger partial charge in [0.05, 0.1) is 6.61 Å². The van der Waals surface area contributed by atoms with E-state index in [0.29, 0.717) is 12.2 Å². The van der Waals surface area contributed by atoms with Crippen LogP contribution in [0.25, 0.3) is 11.1 Å². The standard InChI is InChI=1S/C20H24F2O.BH2O2/c1-2-3-4-5-6-7-15-23-17-13-11-16(12-14-17)18-9-8-10-19(21)20(18)22;2-1-3/h8-14H,2-7,15H2,1H3;2-3H. The number of rotatable bonds is 9. The number of halogens is 2. The third-order valence-electron chi connectivity index (χ3n) is 3.88.